The summed E-state index contributed by atoms with van der Waals surface area (Å²) in [5.41, 5.74) is 2.26. The van der Waals surface area contributed by atoms with Crippen molar-refractivity contribution in [1.29, 1.82) is 0 Å². The highest BCUT2D eigenvalue weighted by molar-refractivity contribution is 6.43. The normalized spacial score (nSPS) is 10.8. The molecule has 0 saturated carbocycles. The molecule has 0 saturated heterocycles. The molecule has 0 aliphatic carbocycles. The number of fused-ring (bicyclic) bond motifs is 1. The molecule has 0 amide bonds. The first-order valence-corrected chi connectivity index (χ1v) is 7.19. The average molecular weight is 319 g/mol. The van der Waals surface area contributed by atoms with Gasteiger partial charge in [0.15, 0.2) is 5.78 Å². The highest BCUT2D eigenvalue weighted by Crippen LogP contribution is 2.29. The number of carbonyl (C=O) groups is 1. The maximum Gasteiger partial charge on any atom is 0.183 e. The standard InChI is InChI=1S/C16H12Cl2N2O/c17-12-5-3-7-14(16(12)18)20-9-15(21)11-8-19-13-6-2-1-4-10(11)13/h1-8,19-20H,9H2. The summed E-state index contributed by atoms with van der Waals surface area (Å²) in [6.07, 6.45) is 1.73. The summed E-state index contributed by atoms with van der Waals surface area (Å²) in [7, 11) is 0. The van der Waals surface area contributed by atoms with Crippen LogP contribution in [-0.2, 0) is 0 Å². The minimum Gasteiger partial charge on any atom is -0.376 e. The molecule has 3 aromatic rings. The predicted octanol–water partition coefficient (Wildman–Crippen LogP) is 4.77. The number of ketones is 1. The van der Waals surface area contributed by atoms with Gasteiger partial charge in [-0.2, -0.15) is 0 Å². The van der Waals surface area contributed by atoms with Crippen LogP contribution in [0.25, 0.3) is 10.9 Å². The molecule has 3 rings (SSSR count). The molecule has 2 aromatic carbocycles. The SMILES string of the molecule is O=C(CNc1cccc(Cl)c1Cl)c1c[nH]c2ccccc12. The smallest absolute Gasteiger partial charge is 0.183 e. The Morgan fingerprint density at radius 3 is 2.76 bits per heavy atom. The van der Waals surface area contributed by atoms with Crippen molar-refractivity contribution >= 4 is 45.6 Å². The van der Waals surface area contributed by atoms with Crippen LogP contribution in [0.4, 0.5) is 5.69 Å². The van der Waals surface area contributed by atoms with E-state index in [1.807, 2.05) is 24.3 Å². The number of hydrogen-bond donors (Lipinski definition) is 2. The fraction of sp³-hybridized carbons (Fsp3) is 0.0625. The lowest BCUT2D eigenvalue weighted by molar-refractivity contribution is 0.101. The third-order valence-electron chi connectivity index (χ3n) is 3.28. The molecule has 106 valence electrons. The second kappa shape index (κ2) is 5.80. The van der Waals surface area contributed by atoms with Crippen molar-refractivity contribution in [3.8, 4) is 0 Å². The first-order valence-electron chi connectivity index (χ1n) is 6.44. The molecular weight excluding hydrogens is 307 g/mol. The molecule has 0 spiro atoms. The van der Waals surface area contributed by atoms with E-state index in [2.05, 4.69) is 10.3 Å². The Kier molecular flexibility index (Phi) is 3.86. The van der Waals surface area contributed by atoms with Gasteiger partial charge in [-0.3, -0.25) is 4.79 Å². The zero-order chi connectivity index (χ0) is 14.8. The predicted molar refractivity (Wildman–Crippen MR) is 87.6 cm³/mol. The lowest BCUT2D eigenvalue weighted by Gasteiger charge is -2.08. The molecule has 0 radical (unpaired) electrons. The second-order valence-electron chi connectivity index (χ2n) is 4.63. The van der Waals surface area contributed by atoms with E-state index in [1.54, 1.807) is 24.4 Å². The maximum absolute atomic E-state index is 12.3. The van der Waals surface area contributed by atoms with E-state index in [1.165, 1.54) is 0 Å². The van der Waals surface area contributed by atoms with Crippen LogP contribution in [0, 0.1) is 0 Å². The Morgan fingerprint density at radius 1 is 1.10 bits per heavy atom. The van der Waals surface area contributed by atoms with Gasteiger partial charge >= 0.3 is 0 Å². The molecule has 0 fully saturated rings. The van der Waals surface area contributed by atoms with Gasteiger partial charge in [0.2, 0.25) is 0 Å². The van der Waals surface area contributed by atoms with Crippen molar-refractivity contribution in [3.63, 3.8) is 0 Å². The molecule has 0 aliphatic rings. The van der Waals surface area contributed by atoms with Crippen LogP contribution in [-0.4, -0.2) is 17.3 Å². The molecule has 2 N–H and O–H groups in total. The zero-order valence-corrected chi connectivity index (χ0v) is 12.5. The van der Waals surface area contributed by atoms with Gasteiger partial charge in [0.25, 0.3) is 0 Å². The van der Waals surface area contributed by atoms with Crippen molar-refractivity contribution in [2.24, 2.45) is 0 Å². The fourth-order valence-corrected chi connectivity index (χ4v) is 2.58. The average Bonchev–Trinajstić information content (AvgIpc) is 2.92. The van der Waals surface area contributed by atoms with Crippen molar-refractivity contribution in [2.45, 2.75) is 0 Å². The summed E-state index contributed by atoms with van der Waals surface area (Å²) >= 11 is 12.0. The van der Waals surface area contributed by atoms with Gasteiger partial charge in [0.1, 0.15) is 0 Å². The summed E-state index contributed by atoms with van der Waals surface area (Å²) in [5.74, 6) is -0.0107. The number of anilines is 1. The van der Waals surface area contributed by atoms with Gasteiger partial charge in [-0.15, -0.1) is 0 Å². The van der Waals surface area contributed by atoms with E-state index in [9.17, 15) is 4.79 Å². The number of aromatic nitrogens is 1. The molecule has 5 heteroatoms. The number of H-pyrrole nitrogens is 1. The zero-order valence-electron chi connectivity index (χ0n) is 11.0. The Hall–Kier alpha value is -1.97. The van der Waals surface area contributed by atoms with Crippen molar-refractivity contribution in [1.82, 2.24) is 4.98 Å². The van der Waals surface area contributed by atoms with E-state index in [0.717, 1.165) is 10.9 Å². The lowest BCUT2D eigenvalue weighted by Crippen LogP contribution is -2.13. The number of carbonyl (C=O) groups excluding carboxylic acids is 1. The summed E-state index contributed by atoms with van der Waals surface area (Å²) in [6.45, 7) is 0.155. The Bertz CT molecular complexity index is 811. The van der Waals surface area contributed by atoms with Gasteiger partial charge in [0.05, 0.1) is 22.3 Å². The van der Waals surface area contributed by atoms with E-state index >= 15 is 0 Å². The van der Waals surface area contributed by atoms with Gasteiger partial charge < -0.3 is 10.3 Å². The highest BCUT2D eigenvalue weighted by atomic mass is 35.5. The number of nitrogens with one attached hydrogen (secondary N) is 2. The summed E-state index contributed by atoms with van der Waals surface area (Å²) < 4.78 is 0. The van der Waals surface area contributed by atoms with Crippen molar-refractivity contribution in [2.75, 3.05) is 11.9 Å². The van der Waals surface area contributed by atoms with E-state index in [4.69, 9.17) is 23.2 Å². The Balaban J connectivity index is 1.79. The van der Waals surface area contributed by atoms with Gasteiger partial charge in [-0.25, -0.2) is 0 Å². The van der Waals surface area contributed by atoms with Crippen LogP contribution in [0.1, 0.15) is 10.4 Å². The number of rotatable bonds is 4. The van der Waals surface area contributed by atoms with Gasteiger partial charge in [0, 0.05) is 22.7 Å². The third kappa shape index (κ3) is 2.75. The minimum atomic E-state index is -0.0107. The highest BCUT2D eigenvalue weighted by Gasteiger charge is 2.12. The van der Waals surface area contributed by atoms with Crippen LogP contribution in [0.3, 0.4) is 0 Å². The van der Waals surface area contributed by atoms with Crippen LogP contribution in [0.2, 0.25) is 10.0 Å². The number of halogens is 2. The topological polar surface area (TPSA) is 44.9 Å². The minimum absolute atomic E-state index is 0.0107. The molecule has 21 heavy (non-hydrogen) atoms. The summed E-state index contributed by atoms with van der Waals surface area (Å²) in [6, 6.07) is 13.0. The molecule has 0 aliphatic heterocycles. The van der Waals surface area contributed by atoms with E-state index in [-0.39, 0.29) is 12.3 Å². The maximum atomic E-state index is 12.3. The molecule has 0 bridgehead atoms. The first-order chi connectivity index (χ1) is 10.2. The largest absolute Gasteiger partial charge is 0.376 e. The van der Waals surface area contributed by atoms with Crippen LogP contribution >= 0.6 is 23.2 Å². The van der Waals surface area contributed by atoms with Crippen molar-refractivity contribution < 1.29 is 4.79 Å². The molecule has 3 nitrogen and oxygen atoms in total. The number of hydrogen-bond acceptors (Lipinski definition) is 2. The monoisotopic (exact) mass is 318 g/mol. The Labute approximate surface area is 131 Å². The van der Waals surface area contributed by atoms with Gasteiger partial charge in [-0.1, -0.05) is 47.5 Å². The second-order valence-corrected chi connectivity index (χ2v) is 5.41. The fourth-order valence-electron chi connectivity index (χ4n) is 2.21. The van der Waals surface area contributed by atoms with Crippen LogP contribution < -0.4 is 5.32 Å². The molecule has 1 heterocycles. The first kappa shape index (κ1) is 14.0. The molecule has 0 atom stereocenters. The summed E-state index contributed by atoms with van der Waals surface area (Å²) in [4.78, 5) is 15.4. The number of aromatic amines is 1. The number of Topliss-reactive ketones (excluding diaryl/α,β-unsaturated/α-hetero) is 1. The number of para-hydroxylation sites is 1. The van der Waals surface area contributed by atoms with Crippen LogP contribution in [0.15, 0.2) is 48.7 Å². The number of benzene rings is 2. The molecule has 1 aromatic heterocycles. The Morgan fingerprint density at radius 2 is 1.90 bits per heavy atom. The summed E-state index contributed by atoms with van der Waals surface area (Å²) in [5, 5.41) is 4.83. The third-order valence-corrected chi connectivity index (χ3v) is 4.10. The van der Waals surface area contributed by atoms with Crippen molar-refractivity contribution in [3.05, 3.63) is 64.3 Å². The van der Waals surface area contributed by atoms with E-state index < -0.39 is 0 Å². The van der Waals surface area contributed by atoms with Gasteiger partial charge in [-0.05, 0) is 18.2 Å². The lowest BCUT2D eigenvalue weighted by atomic mass is 10.1. The van der Waals surface area contributed by atoms with E-state index in [0.29, 0.717) is 21.3 Å². The molecule has 0 unspecified atom stereocenters. The quantitative estimate of drug-likeness (QED) is 0.680. The van der Waals surface area contributed by atoms with Crippen LogP contribution in [0.5, 0.6) is 0 Å². The molecular formula is C16H12Cl2N2O.